The molecule has 0 saturated carbocycles. The van der Waals surface area contributed by atoms with Crippen LogP contribution in [0.5, 0.6) is 0 Å². The Labute approximate surface area is 179 Å². The van der Waals surface area contributed by atoms with Crippen LogP contribution in [0.15, 0.2) is 72.8 Å². The van der Waals surface area contributed by atoms with Crippen LogP contribution in [-0.4, -0.2) is 29.8 Å². The zero-order valence-electron chi connectivity index (χ0n) is 16.9. The summed E-state index contributed by atoms with van der Waals surface area (Å²) in [7, 11) is 0. The summed E-state index contributed by atoms with van der Waals surface area (Å²) >= 11 is 0. The van der Waals surface area contributed by atoms with E-state index in [0.29, 0.717) is 31.6 Å². The van der Waals surface area contributed by atoms with E-state index in [2.05, 4.69) is 5.32 Å². The summed E-state index contributed by atoms with van der Waals surface area (Å²) in [5.74, 6) is -1.54. The third kappa shape index (κ3) is 4.97. The van der Waals surface area contributed by atoms with E-state index in [-0.39, 0.29) is 29.1 Å². The van der Waals surface area contributed by atoms with E-state index in [1.54, 1.807) is 29.2 Å². The first-order chi connectivity index (χ1) is 15.0. The fraction of sp³-hybridized carbons (Fsp3) is 0.200. The highest BCUT2D eigenvalue weighted by Crippen LogP contribution is 2.25. The van der Waals surface area contributed by atoms with Crippen molar-refractivity contribution in [2.75, 3.05) is 18.4 Å². The molecule has 31 heavy (non-hydrogen) atoms. The average molecular weight is 420 g/mol. The van der Waals surface area contributed by atoms with Gasteiger partial charge in [-0.2, -0.15) is 0 Å². The van der Waals surface area contributed by atoms with Gasteiger partial charge in [-0.3, -0.25) is 9.59 Å². The molecule has 0 aliphatic carbocycles. The van der Waals surface area contributed by atoms with Crippen LogP contribution in [0.25, 0.3) is 11.1 Å². The van der Waals surface area contributed by atoms with Gasteiger partial charge < -0.3 is 10.2 Å². The quantitative estimate of drug-likeness (QED) is 0.637. The van der Waals surface area contributed by atoms with Crippen molar-refractivity contribution in [3.8, 4) is 11.1 Å². The monoisotopic (exact) mass is 420 g/mol. The minimum absolute atomic E-state index is 0.159. The number of hydrogen-bond acceptors (Lipinski definition) is 2. The zero-order valence-corrected chi connectivity index (χ0v) is 16.9. The van der Waals surface area contributed by atoms with Crippen LogP contribution < -0.4 is 5.32 Å². The van der Waals surface area contributed by atoms with Crippen LogP contribution in [0.1, 0.15) is 23.2 Å². The molecule has 3 aromatic carbocycles. The maximum absolute atomic E-state index is 13.5. The van der Waals surface area contributed by atoms with E-state index in [1.807, 2.05) is 18.2 Å². The number of nitrogens with zero attached hydrogens (tertiary/aromatic N) is 1. The second-order valence-electron chi connectivity index (χ2n) is 7.68. The Hall–Kier alpha value is -3.54. The van der Waals surface area contributed by atoms with Gasteiger partial charge in [0.15, 0.2) is 0 Å². The number of benzene rings is 3. The van der Waals surface area contributed by atoms with Gasteiger partial charge >= 0.3 is 0 Å². The molecular weight excluding hydrogens is 398 g/mol. The minimum Gasteiger partial charge on any atom is -0.338 e. The lowest BCUT2D eigenvalue weighted by Gasteiger charge is -2.32. The molecule has 6 heteroatoms. The number of piperidine rings is 1. The summed E-state index contributed by atoms with van der Waals surface area (Å²) < 4.78 is 26.6. The maximum atomic E-state index is 13.5. The van der Waals surface area contributed by atoms with E-state index in [0.717, 1.165) is 11.1 Å². The Morgan fingerprint density at radius 2 is 1.65 bits per heavy atom. The number of anilines is 1. The van der Waals surface area contributed by atoms with E-state index in [4.69, 9.17) is 0 Å². The van der Waals surface area contributed by atoms with Crippen LogP contribution in [0.3, 0.4) is 0 Å². The SMILES string of the molecule is O=C(Nc1cccc(-c2ccc(F)cc2)c1)[C@H]1CCCN(C(=O)c2cccc(F)c2)C1. The Bertz CT molecular complexity index is 1100. The van der Waals surface area contributed by atoms with Crippen LogP contribution in [0.2, 0.25) is 0 Å². The lowest BCUT2D eigenvalue weighted by Crippen LogP contribution is -2.43. The van der Waals surface area contributed by atoms with Gasteiger partial charge in [0.05, 0.1) is 5.92 Å². The molecule has 0 spiro atoms. The lowest BCUT2D eigenvalue weighted by atomic mass is 9.96. The lowest BCUT2D eigenvalue weighted by molar-refractivity contribution is -0.121. The largest absolute Gasteiger partial charge is 0.338 e. The zero-order chi connectivity index (χ0) is 21.8. The molecule has 2 amide bonds. The standard InChI is InChI=1S/C25H22F2N2O2/c26-21-11-9-17(10-12-21)18-4-2-8-23(15-18)28-24(30)20-6-3-13-29(16-20)25(31)19-5-1-7-22(27)14-19/h1-2,4-5,7-12,14-15,20H,3,6,13,16H2,(H,28,30)/t20-/m0/s1. The Morgan fingerprint density at radius 3 is 2.42 bits per heavy atom. The van der Waals surface area contributed by atoms with Gasteiger partial charge in [0.2, 0.25) is 5.91 Å². The number of carbonyl (C=O) groups is 2. The first kappa shape index (κ1) is 20.7. The summed E-state index contributed by atoms with van der Waals surface area (Å²) in [6.45, 7) is 0.831. The predicted octanol–water partition coefficient (Wildman–Crippen LogP) is 5.12. The summed E-state index contributed by atoms with van der Waals surface area (Å²) in [5, 5.41) is 2.93. The molecule has 0 bridgehead atoms. The number of rotatable bonds is 4. The van der Waals surface area contributed by atoms with Crippen molar-refractivity contribution < 1.29 is 18.4 Å². The highest BCUT2D eigenvalue weighted by molar-refractivity contribution is 5.96. The van der Waals surface area contributed by atoms with Crippen LogP contribution in [0.4, 0.5) is 14.5 Å². The molecule has 158 valence electrons. The molecular formula is C25H22F2N2O2. The molecule has 0 aromatic heterocycles. The summed E-state index contributed by atoms with van der Waals surface area (Å²) in [5.41, 5.74) is 2.64. The van der Waals surface area contributed by atoms with Gasteiger partial charge in [-0.15, -0.1) is 0 Å². The van der Waals surface area contributed by atoms with Gasteiger partial charge in [-0.25, -0.2) is 8.78 Å². The Morgan fingerprint density at radius 1 is 0.871 bits per heavy atom. The maximum Gasteiger partial charge on any atom is 0.253 e. The van der Waals surface area contributed by atoms with Crippen molar-refractivity contribution in [3.05, 3.63) is 90.0 Å². The molecule has 1 aliphatic heterocycles. The number of halogens is 2. The topological polar surface area (TPSA) is 49.4 Å². The molecule has 1 N–H and O–H groups in total. The fourth-order valence-corrected chi connectivity index (χ4v) is 3.84. The Kier molecular flexibility index (Phi) is 6.07. The second kappa shape index (κ2) is 9.08. The average Bonchev–Trinajstić information content (AvgIpc) is 2.79. The van der Waals surface area contributed by atoms with Crippen molar-refractivity contribution >= 4 is 17.5 Å². The molecule has 1 saturated heterocycles. The van der Waals surface area contributed by atoms with E-state index in [1.165, 1.54) is 30.3 Å². The van der Waals surface area contributed by atoms with Crippen molar-refractivity contribution in [2.24, 2.45) is 5.92 Å². The Balaban J connectivity index is 1.43. The number of amides is 2. The molecule has 1 aliphatic rings. The third-order valence-corrected chi connectivity index (χ3v) is 5.46. The molecule has 4 rings (SSSR count). The number of likely N-dealkylation sites (tertiary alicyclic amines) is 1. The van der Waals surface area contributed by atoms with Crippen LogP contribution in [0, 0.1) is 17.6 Å². The fourth-order valence-electron chi connectivity index (χ4n) is 3.84. The number of hydrogen-bond donors (Lipinski definition) is 1. The number of nitrogens with one attached hydrogen (secondary N) is 1. The first-order valence-corrected chi connectivity index (χ1v) is 10.2. The highest BCUT2D eigenvalue weighted by atomic mass is 19.1. The third-order valence-electron chi connectivity index (χ3n) is 5.46. The first-order valence-electron chi connectivity index (χ1n) is 10.2. The molecule has 0 unspecified atom stereocenters. The van der Waals surface area contributed by atoms with Crippen molar-refractivity contribution in [2.45, 2.75) is 12.8 Å². The van der Waals surface area contributed by atoms with Gasteiger partial charge in [-0.1, -0.05) is 30.3 Å². The minimum atomic E-state index is -0.460. The van der Waals surface area contributed by atoms with E-state index in [9.17, 15) is 18.4 Å². The van der Waals surface area contributed by atoms with Crippen LogP contribution in [-0.2, 0) is 4.79 Å². The summed E-state index contributed by atoms with van der Waals surface area (Å²) in [6.07, 6.45) is 1.38. The van der Waals surface area contributed by atoms with E-state index >= 15 is 0 Å². The van der Waals surface area contributed by atoms with Gasteiger partial charge in [-0.05, 0) is 66.4 Å². The van der Waals surface area contributed by atoms with Gasteiger partial charge in [0.1, 0.15) is 11.6 Å². The molecule has 4 nitrogen and oxygen atoms in total. The normalized spacial score (nSPS) is 16.1. The van der Waals surface area contributed by atoms with Gasteiger partial charge in [0, 0.05) is 24.3 Å². The van der Waals surface area contributed by atoms with Crippen molar-refractivity contribution in [3.63, 3.8) is 0 Å². The van der Waals surface area contributed by atoms with Crippen molar-refractivity contribution in [1.29, 1.82) is 0 Å². The molecule has 1 heterocycles. The number of carbonyl (C=O) groups excluding carboxylic acids is 2. The predicted molar refractivity (Wildman–Crippen MR) is 115 cm³/mol. The van der Waals surface area contributed by atoms with E-state index < -0.39 is 5.82 Å². The molecule has 3 aromatic rings. The van der Waals surface area contributed by atoms with Crippen LogP contribution >= 0.6 is 0 Å². The molecule has 0 radical (unpaired) electrons. The second-order valence-corrected chi connectivity index (χ2v) is 7.68. The summed E-state index contributed by atoms with van der Waals surface area (Å²) in [4.78, 5) is 27.2. The smallest absolute Gasteiger partial charge is 0.253 e. The highest BCUT2D eigenvalue weighted by Gasteiger charge is 2.29. The molecule has 1 fully saturated rings. The van der Waals surface area contributed by atoms with Crippen molar-refractivity contribution in [1.82, 2.24) is 4.90 Å². The molecule has 1 atom stereocenters. The van der Waals surface area contributed by atoms with Gasteiger partial charge in [0.25, 0.3) is 5.91 Å². The summed E-state index contributed by atoms with van der Waals surface area (Å²) in [6, 6.07) is 19.1.